The van der Waals surface area contributed by atoms with Crippen LogP contribution in [0.4, 0.5) is 11.4 Å². The van der Waals surface area contributed by atoms with Crippen molar-refractivity contribution in [3.05, 3.63) is 47.8 Å². The lowest BCUT2D eigenvalue weighted by Gasteiger charge is -2.08. The largest absolute Gasteiger partial charge is 0.495 e. The van der Waals surface area contributed by atoms with E-state index in [1.807, 2.05) is 13.0 Å². The van der Waals surface area contributed by atoms with Crippen molar-refractivity contribution in [2.45, 2.75) is 6.92 Å². The van der Waals surface area contributed by atoms with Crippen LogP contribution in [0.15, 0.2) is 36.5 Å². The number of nitrogens with two attached hydrogens (primary N) is 1. The SMILES string of the molecule is COc1cc(C(=O)Nc2ccc(C)nc2)ccc1N. The Balaban J connectivity index is 2.18. The first-order valence-corrected chi connectivity index (χ1v) is 5.77. The number of benzene rings is 1. The predicted molar refractivity (Wildman–Crippen MR) is 74.3 cm³/mol. The zero-order valence-corrected chi connectivity index (χ0v) is 10.8. The van der Waals surface area contributed by atoms with Crippen molar-refractivity contribution >= 4 is 17.3 Å². The fraction of sp³-hybridized carbons (Fsp3) is 0.143. The van der Waals surface area contributed by atoms with Gasteiger partial charge in [0.1, 0.15) is 5.75 Å². The van der Waals surface area contributed by atoms with Crippen LogP contribution >= 0.6 is 0 Å². The van der Waals surface area contributed by atoms with Crippen LogP contribution in [0.2, 0.25) is 0 Å². The zero-order valence-electron chi connectivity index (χ0n) is 10.8. The highest BCUT2D eigenvalue weighted by molar-refractivity contribution is 6.04. The van der Waals surface area contributed by atoms with Crippen molar-refractivity contribution < 1.29 is 9.53 Å². The number of nitrogens with zero attached hydrogens (tertiary/aromatic N) is 1. The molecule has 1 heterocycles. The molecular formula is C14H15N3O2. The molecular weight excluding hydrogens is 242 g/mol. The molecule has 2 aromatic rings. The molecule has 98 valence electrons. The van der Waals surface area contributed by atoms with Gasteiger partial charge in [-0.05, 0) is 37.3 Å². The number of aryl methyl sites for hydroxylation is 1. The van der Waals surface area contributed by atoms with Crippen LogP contribution in [0.1, 0.15) is 16.1 Å². The molecule has 3 N–H and O–H groups in total. The van der Waals surface area contributed by atoms with Gasteiger partial charge in [-0.1, -0.05) is 0 Å². The van der Waals surface area contributed by atoms with Crippen LogP contribution in [0.5, 0.6) is 5.75 Å². The second-order valence-electron chi connectivity index (χ2n) is 4.10. The Morgan fingerprint density at radius 3 is 2.74 bits per heavy atom. The maximum atomic E-state index is 12.0. The normalized spacial score (nSPS) is 10.0. The molecule has 19 heavy (non-hydrogen) atoms. The minimum atomic E-state index is -0.232. The van der Waals surface area contributed by atoms with E-state index in [0.717, 1.165) is 5.69 Å². The summed E-state index contributed by atoms with van der Waals surface area (Å²) in [7, 11) is 1.51. The molecule has 0 saturated heterocycles. The number of nitrogen functional groups attached to an aromatic ring is 1. The molecule has 1 amide bonds. The molecule has 0 bridgehead atoms. The Morgan fingerprint density at radius 1 is 1.32 bits per heavy atom. The van der Waals surface area contributed by atoms with E-state index < -0.39 is 0 Å². The monoisotopic (exact) mass is 257 g/mol. The number of rotatable bonds is 3. The Hall–Kier alpha value is -2.56. The number of amides is 1. The molecule has 0 saturated carbocycles. The van der Waals surface area contributed by atoms with E-state index in [0.29, 0.717) is 22.7 Å². The van der Waals surface area contributed by atoms with E-state index in [2.05, 4.69) is 10.3 Å². The van der Waals surface area contributed by atoms with E-state index >= 15 is 0 Å². The molecule has 0 unspecified atom stereocenters. The minimum absolute atomic E-state index is 0.232. The Morgan fingerprint density at radius 2 is 2.11 bits per heavy atom. The van der Waals surface area contributed by atoms with Crippen molar-refractivity contribution in [3.63, 3.8) is 0 Å². The highest BCUT2D eigenvalue weighted by atomic mass is 16.5. The van der Waals surface area contributed by atoms with Crippen LogP contribution < -0.4 is 15.8 Å². The van der Waals surface area contributed by atoms with Gasteiger partial charge in [-0.15, -0.1) is 0 Å². The molecule has 0 spiro atoms. The van der Waals surface area contributed by atoms with Gasteiger partial charge >= 0.3 is 0 Å². The maximum absolute atomic E-state index is 12.0. The second kappa shape index (κ2) is 5.39. The number of anilines is 2. The van der Waals surface area contributed by atoms with E-state index in [1.165, 1.54) is 7.11 Å². The molecule has 0 radical (unpaired) electrons. The molecule has 1 aromatic heterocycles. The summed E-state index contributed by atoms with van der Waals surface area (Å²) in [6, 6.07) is 8.52. The van der Waals surface area contributed by atoms with Gasteiger partial charge in [0.05, 0.1) is 24.7 Å². The molecule has 0 atom stereocenters. The predicted octanol–water partition coefficient (Wildman–Crippen LogP) is 2.23. The van der Waals surface area contributed by atoms with E-state index in [-0.39, 0.29) is 5.91 Å². The zero-order chi connectivity index (χ0) is 13.8. The summed E-state index contributed by atoms with van der Waals surface area (Å²) in [5.74, 6) is 0.249. The number of pyridine rings is 1. The molecule has 5 heteroatoms. The van der Waals surface area contributed by atoms with Crippen molar-refractivity contribution in [3.8, 4) is 5.75 Å². The molecule has 0 aliphatic rings. The molecule has 0 aliphatic carbocycles. The van der Waals surface area contributed by atoms with Gasteiger partial charge in [-0.2, -0.15) is 0 Å². The number of aromatic nitrogens is 1. The lowest BCUT2D eigenvalue weighted by molar-refractivity contribution is 0.102. The molecule has 1 aromatic carbocycles. The summed E-state index contributed by atoms with van der Waals surface area (Å²) in [6.45, 7) is 1.89. The van der Waals surface area contributed by atoms with Gasteiger partial charge in [0.2, 0.25) is 0 Å². The number of carbonyl (C=O) groups is 1. The van der Waals surface area contributed by atoms with Gasteiger partial charge in [0.25, 0.3) is 5.91 Å². The standard InChI is InChI=1S/C14H15N3O2/c1-9-3-5-11(8-16-9)17-14(18)10-4-6-12(15)13(7-10)19-2/h3-8H,15H2,1-2H3,(H,17,18). The van der Waals surface area contributed by atoms with Crippen LogP contribution in [-0.2, 0) is 0 Å². The summed E-state index contributed by atoms with van der Waals surface area (Å²) in [5, 5.41) is 2.76. The molecule has 0 aliphatic heterocycles. The Bertz CT molecular complexity index is 594. The number of ether oxygens (including phenoxy) is 1. The average Bonchev–Trinajstić information content (AvgIpc) is 2.42. The summed E-state index contributed by atoms with van der Waals surface area (Å²) in [5.41, 5.74) is 8.22. The van der Waals surface area contributed by atoms with Gasteiger partial charge in [-0.3, -0.25) is 9.78 Å². The number of methoxy groups -OCH3 is 1. The van der Waals surface area contributed by atoms with Crippen molar-refractivity contribution in [2.75, 3.05) is 18.2 Å². The van der Waals surface area contributed by atoms with Gasteiger partial charge < -0.3 is 15.8 Å². The first-order valence-electron chi connectivity index (χ1n) is 5.77. The van der Waals surface area contributed by atoms with Gasteiger partial charge in [0, 0.05) is 11.3 Å². The van der Waals surface area contributed by atoms with Crippen LogP contribution in [-0.4, -0.2) is 18.0 Å². The third-order valence-corrected chi connectivity index (χ3v) is 2.66. The fourth-order valence-electron chi connectivity index (χ4n) is 1.60. The number of hydrogen-bond donors (Lipinski definition) is 2. The van der Waals surface area contributed by atoms with E-state index in [1.54, 1.807) is 30.5 Å². The number of nitrogens with one attached hydrogen (secondary N) is 1. The summed E-state index contributed by atoms with van der Waals surface area (Å²) >= 11 is 0. The number of carbonyl (C=O) groups excluding carboxylic acids is 1. The van der Waals surface area contributed by atoms with Crippen molar-refractivity contribution in [1.82, 2.24) is 4.98 Å². The summed E-state index contributed by atoms with van der Waals surface area (Å²) in [6.07, 6.45) is 1.61. The smallest absolute Gasteiger partial charge is 0.255 e. The molecule has 5 nitrogen and oxygen atoms in total. The minimum Gasteiger partial charge on any atom is -0.495 e. The summed E-state index contributed by atoms with van der Waals surface area (Å²) < 4.78 is 5.08. The topological polar surface area (TPSA) is 77.2 Å². The van der Waals surface area contributed by atoms with Crippen LogP contribution in [0, 0.1) is 6.92 Å². The maximum Gasteiger partial charge on any atom is 0.255 e. The van der Waals surface area contributed by atoms with Gasteiger partial charge in [-0.25, -0.2) is 0 Å². The Labute approximate surface area is 111 Å². The first-order chi connectivity index (χ1) is 9.10. The lowest BCUT2D eigenvalue weighted by atomic mass is 10.1. The van der Waals surface area contributed by atoms with Crippen molar-refractivity contribution in [1.29, 1.82) is 0 Å². The lowest BCUT2D eigenvalue weighted by Crippen LogP contribution is -2.12. The van der Waals surface area contributed by atoms with E-state index in [4.69, 9.17) is 10.5 Å². The Kier molecular flexibility index (Phi) is 3.66. The van der Waals surface area contributed by atoms with Crippen molar-refractivity contribution in [2.24, 2.45) is 0 Å². The third-order valence-electron chi connectivity index (χ3n) is 2.66. The van der Waals surface area contributed by atoms with Crippen LogP contribution in [0.25, 0.3) is 0 Å². The number of hydrogen-bond acceptors (Lipinski definition) is 4. The third kappa shape index (κ3) is 3.01. The average molecular weight is 257 g/mol. The summed E-state index contributed by atoms with van der Waals surface area (Å²) in [4.78, 5) is 16.2. The molecule has 0 fully saturated rings. The quantitative estimate of drug-likeness (QED) is 0.827. The van der Waals surface area contributed by atoms with Crippen LogP contribution in [0.3, 0.4) is 0 Å². The second-order valence-corrected chi connectivity index (χ2v) is 4.10. The fourth-order valence-corrected chi connectivity index (χ4v) is 1.60. The highest BCUT2D eigenvalue weighted by Gasteiger charge is 2.09. The highest BCUT2D eigenvalue weighted by Crippen LogP contribution is 2.22. The van der Waals surface area contributed by atoms with E-state index in [9.17, 15) is 4.79 Å². The first kappa shape index (κ1) is 12.9. The molecule has 2 rings (SSSR count). The van der Waals surface area contributed by atoms with Gasteiger partial charge in [0.15, 0.2) is 0 Å².